The third kappa shape index (κ3) is 22.5. The van der Waals surface area contributed by atoms with Gasteiger partial charge in [0.15, 0.2) is 0 Å². The second kappa shape index (κ2) is 38.5. The van der Waals surface area contributed by atoms with E-state index in [4.69, 9.17) is 34.3 Å². The Balaban J connectivity index is 0.000000138. The van der Waals surface area contributed by atoms with Gasteiger partial charge >= 0.3 is 0 Å². The van der Waals surface area contributed by atoms with E-state index >= 15 is 0 Å². The molecule has 0 heterocycles. The fourth-order valence-electron chi connectivity index (χ4n) is 13.4. The molecular weight excluding hydrogens is 1370 g/mol. The minimum Gasteiger partial charge on any atom is -0.508 e. The normalized spacial score (nSPS) is 16.8. The lowest BCUT2D eigenvalue weighted by Gasteiger charge is -2.18. The maximum Gasteiger partial charge on any atom is 0.224 e. The topological polar surface area (TPSA) is 72.0 Å². The average Bonchev–Trinajstić information content (AvgIpc) is 1.69. The molecule has 0 aliphatic heterocycles. The quantitative estimate of drug-likeness (QED) is 0.0574. The molecule has 538 valence electrons. The van der Waals surface area contributed by atoms with E-state index in [1.807, 2.05) is 42.5 Å². The molecule has 0 spiro atoms. The van der Waals surface area contributed by atoms with Gasteiger partial charge in [-0.1, -0.05) is 164 Å². The van der Waals surface area contributed by atoms with Gasteiger partial charge in [-0.3, -0.25) is 0 Å². The van der Waals surface area contributed by atoms with Crippen molar-refractivity contribution in [1.82, 2.24) is 0 Å². The van der Waals surface area contributed by atoms with Crippen LogP contribution in [0.5, 0.6) is 17.2 Å². The Bertz CT molecular complexity index is 4470. The van der Waals surface area contributed by atoms with Crippen molar-refractivity contribution in [3.63, 3.8) is 0 Å². The highest BCUT2D eigenvalue weighted by Gasteiger charge is 2.31. The van der Waals surface area contributed by atoms with Crippen LogP contribution in [-0.4, -0.2) is 48.2 Å². The number of ether oxygens (including phenoxy) is 2. The lowest BCUT2D eigenvalue weighted by atomic mass is 9.98. The molecule has 6 atom stereocenters. The summed E-state index contributed by atoms with van der Waals surface area (Å²) in [7, 11) is -0.446. The molecule has 7 nitrogen and oxygen atoms in total. The van der Waals surface area contributed by atoms with Crippen molar-refractivity contribution >= 4 is 23.8 Å². The molecule has 3 aliphatic rings. The highest BCUT2D eigenvalue weighted by atomic mass is 31.1. The number of phenolic OH excluding ortho intramolecular Hbond substituents is 1. The van der Waals surface area contributed by atoms with E-state index < -0.39 is 7.92 Å². The molecule has 3 aliphatic carbocycles. The fraction of sp³-hybridized carbons (Fsp3) is 0.194. The number of aliphatic hydroxyl groups is 1. The van der Waals surface area contributed by atoms with E-state index in [-0.39, 0.29) is 65.4 Å². The highest BCUT2D eigenvalue weighted by Crippen LogP contribution is 2.38. The Hall–Kier alpha value is -11.5. The van der Waals surface area contributed by atoms with Gasteiger partial charge in [0.05, 0.1) is 13.2 Å². The average molecular weight is 1450 g/mol. The molecule has 14 heteroatoms. The van der Waals surface area contributed by atoms with Gasteiger partial charge in [0, 0.05) is 57.0 Å². The van der Waals surface area contributed by atoms with Crippen LogP contribution in [0.4, 0.5) is 26.3 Å². The summed E-state index contributed by atoms with van der Waals surface area (Å²) in [5.41, 5.74) is 10.3. The maximum absolute atomic E-state index is 13.3. The number of nitrogens with zero attached hydrogens (tertiary/aromatic N) is 3. The van der Waals surface area contributed by atoms with E-state index in [1.54, 1.807) is 84.9 Å². The monoisotopic (exact) mass is 1450 g/mol. The van der Waals surface area contributed by atoms with E-state index in [2.05, 4.69) is 106 Å². The summed E-state index contributed by atoms with van der Waals surface area (Å²) >= 11 is 0. The second-order valence-electron chi connectivity index (χ2n) is 26.8. The molecule has 15 rings (SSSR count). The fourth-order valence-corrected chi connectivity index (χ4v) is 15.7. The van der Waals surface area contributed by atoms with Crippen LogP contribution in [0, 0.1) is 72.4 Å². The first kappa shape index (κ1) is 76.6. The molecule has 107 heavy (non-hydrogen) atoms. The zero-order chi connectivity index (χ0) is 74.9. The van der Waals surface area contributed by atoms with Gasteiger partial charge in [0.2, 0.25) is 18.1 Å². The molecule has 1 unspecified atom stereocenters. The van der Waals surface area contributed by atoms with Crippen molar-refractivity contribution in [1.29, 1.82) is 0 Å². The van der Waals surface area contributed by atoms with Gasteiger partial charge in [-0.05, 0) is 243 Å². The van der Waals surface area contributed by atoms with Gasteiger partial charge in [0.1, 0.15) is 52.2 Å². The van der Waals surface area contributed by atoms with Gasteiger partial charge < -0.3 is 34.2 Å². The molecule has 0 aromatic heterocycles. The lowest BCUT2D eigenvalue weighted by Crippen LogP contribution is -2.20. The summed E-state index contributed by atoms with van der Waals surface area (Å²) < 4.78 is 91.5. The molecule has 3 saturated carbocycles. The summed E-state index contributed by atoms with van der Waals surface area (Å²) in [5, 5.41) is 22.7. The first-order valence-electron chi connectivity index (χ1n) is 35.8. The van der Waals surface area contributed by atoms with E-state index in [9.17, 15) is 31.4 Å². The smallest absolute Gasteiger partial charge is 0.224 e. The third-order valence-corrected chi connectivity index (χ3v) is 21.6. The van der Waals surface area contributed by atoms with Crippen LogP contribution >= 0.6 is 7.92 Å². The number of halogens is 6. The maximum atomic E-state index is 13.3. The number of aliphatic hydroxyl groups excluding tert-OH is 1. The molecule has 12 aromatic carbocycles. The largest absolute Gasteiger partial charge is 0.508 e. The molecule has 0 saturated heterocycles. The minimum atomic E-state index is -0.446. The lowest BCUT2D eigenvalue weighted by molar-refractivity contribution is 0.229. The Kier molecular flexibility index (Phi) is 27.5. The Morgan fingerprint density at radius 2 is 0.533 bits per heavy atom. The van der Waals surface area contributed by atoms with Gasteiger partial charge in [-0.2, -0.15) is 0 Å². The predicted octanol–water partition coefficient (Wildman–Crippen LogP) is 23.0. The number of benzene rings is 12. The summed E-state index contributed by atoms with van der Waals surface area (Å²) in [6.45, 7) is 22.5. The van der Waals surface area contributed by atoms with Crippen molar-refractivity contribution in [2.45, 2.75) is 75.9 Å². The zero-order valence-electron chi connectivity index (χ0n) is 58.9. The molecule has 3 fully saturated rings. The third-order valence-electron chi connectivity index (χ3n) is 19.2. The van der Waals surface area contributed by atoms with Crippen LogP contribution in [0.3, 0.4) is 0 Å². The van der Waals surface area contributed by atoms with E-state index in [1.165, 1.54) is 88.7 Å². The Morgan fingerprint density at radius 3 is 0.757 bits per heavy atom. The van der Waals surface area contributed by atoms with Crippen LogP contribution < -0.4 is 25.4 Å². The van der Waals surface area contributed by atoms with Crippen LogP contribution in [-0.2, 0) is 0 Å². The first-order valence-corrected chi connectivity index (χ1v) is 37.1. The predicted molar refractivity (Wildman–Crippen MR) is 420 cm³/mol. The van der Waals surface area contributed by atoms with Gasteiger partial charge in [-0.25, -0.2) is 46.1 Å². The molecule has 0 amide bonds. The van der Waals surface area contributed by atoms with Crippen molar-refractivity contribution in [2.24, 2.45) is 17.8 Å². The second-order valence-corrected chi connectivity index (χ2v) is 29.1. The molecular formula is C93H80F6N3O4P. The standard InChI is InChI=1S/2C25H21F2NO.C18H12F2O.C18H15P.C7H11NO/c2*1-28-24-11-2-17(12-24)16-29-25-14-20(18-3-7-22(26)8-4-18)13-21(15-25)19-5-9-23(27)10-6-19;19-16-5-1-12(2-6-16)14-9-15(11-18(21)10-14)13-3-7-17(20)8-4-13;1-4-10-16(11-5-1)19(17-12-6-2-7-13-17)18-14-8-3-9-15-18;1-8-7-3-2-6(4-7)5-9/h2*3-10,13-15,17,24H,2,11-12,16H2;1-11,21H;1-15H;6-7,9H,2-5H2/t17-,24+;17-,24-;;;6-,7?/m00..0/s1. The number of hydrogen-bond donors (Lipinski definition) is 2. The van der Waals surface area contributed by atoms with E-state index in [0.29, 0.717) is 31.0 Å². The Labute approximate surface area is 624 Å². The molecule has 12 aromatic rings. The molecule has 2 N–H and O–H groups in total. The number of hydrogen-bond acceptors (Lipinski definition) is 4. The summed E-state index contributed by atoms with van der Waals surface area (Å²) in [6.07, 6.45) is 8.61. The van der Waals surface area contributed by atoms with Crippen LogP contribution in [0.15, 0.2) is 291 Å². The summed E-state index contributed by atoms with van der Waals surface area (Å²) in [4.78, 5) is 10.7. The first-order chi connectivity index (χ1) is 52.1. The zero-order valence-corrected chi connectivity index (χ0v) is 59.8. The van der Waals surface area contributed by atoms with Crippen LogP contribution in [0.1, 0.15) is 57.8 Å². The number of phenols is 1. The highest BCUT2D eigenvalue weighted by molar-refractivity contribution is 7.79. The van der Waals surface area contributed by atoms with Crippen molar-refractivity contribution in [3.8, 4) is 84.0 Å². The minimum absolute atomic E-state index is 0.108. The van der Waals surface area contributed by atoms with Crippen molar-refractivity contribution < 1.29 is 46.0 Å². The van der Waals surface area contributed by atoms with Crippen molar-refractivity contribution in [3.05, 3.63) is 360 Å². The Morgan fingerprint density at radius 1 is 0.299 bits per heavy atom. The van der Waals surface area contributed by atoms with Gasteiger partial charge in [-0.15, -0.1) is 0 Å². The summed E-state index contributed by atoms with van der Waals surface area (Å²) in [6, 6.07) is 87.1. The van der Waals surface area contributed by atoms with Gasteiger partial charge in [0.25, 0.3) is 0 Å². The van der Waals surface area contributed by atoms with Crippen molar-refractivity contribution in [2.75, 3.05) is 19.8 Å². The molecule has 0 bridgehead atoms. The summed E-state index contributed by atoms with van der Waals surface area (Å²) in [5.74, 6) is 0.998. The SMILES string of the molecule is Oc1cc(-c2ccc(F)cc2)cc(-c2ccc(F)cc2)c1.[C-]#[N+]C1CC[C@H](CO)C1.[C-]#[N+][C@@H]1CC[C@H](COc2cc(-c3ccc(F)cc3)cc(-c3ccc(F)cc3)c2)C1.[C-]#[N+][C@H]1CC[C@H](COc2cc(-c3ccc(F)cc3)cc(-c3ccc(F)cc3)c2)C1.c1ccc(P(c2ccccc2)c2ccccc2)cc1. The van der Waals surface area contributed by atoms with Crippen LogP contribution in [0.2, 0.25) is 0 Å². The number of rotatable bonds is 16. The van der Waals surface area contributed by atoms with Crippen LogP contribution in [0.25, 0.3) is 81.3 Å². The molecule has 0 radical (unpaired) electrons. The van der Waals surface area contributed by atoms with E-state index in [0.717, 1.165) is 136 Å². The number of aromatic hydroxyl groups is 1.